The van der Waals surface area contributed by atoms with Crippen molar-refractivity contribution < 1.29 is 22.2 Å². The van der Waals surface area contributed by atoms with Crippen molar-refractivity contribution in [2.75, 3.05) is 0 Å². The summed E-state index contributed by atoms with van der Waals surface area (Å²) in [5.74, 6) is -4.51. The van der Waals surface area contributed by atoms with Crippen LogP contribution in [0.1, 0.15) is 36.0 Å². The molecule has 2 heterocycles. The molecule has 3 rings (SSSR count). The molecule has 0 spiro atoms. The van der Waals surface area contributed by atoms with Gasteiger partial charge in [0.2, 0.25) is 0 Å². The van der Waals surface area contributed by atoms with E-state index in [1.54, 1.807) is 0 Å². The molecule has 2 aliphatic rings. The minimum Gasteiger partial charge on any atom is -0.294 e. The van der Waals surface area contributed by atoms with Gasteiger partial charge in [-0.3, -0.25) is 9.00 Å². The molecule has 1 aromatic rings. The van der Waals surface area contributed by atoms with E-state index in [-0.39, 0.29) is 10.5 Å². The highest BCUT2D eigenvalue weighted by Gasteiger charge is 2.43. The molecular formula is C14H13F3O2S. The second-order valence-corrected chi connectivity index (χ2v) is 7.42. The molecule has 1 aromatic carbocycles. The first-order valence-electron chi connectivity index (χ1n) is 6.55. The summed E-state index contributed by atoms with van der Waals surface area (Å²) in [6.45, 7) is 0. The Balaban J connectivity index is 1.87. The van der Waals surface area contributed by atoms with Crippen LogP contribution in [0.5, 0.6) is 0 Å². The van der Waals surface area contributed by atoms with Gasteiger partial charge in [-0.05, 0) is 31.7 Å². The molecule has 0 saturated carbocycles. The number of carbonyl (C=O) groups excluding carboxylic acids is 1. The van der Waals surface area contributed by atoms with E-state index in [1.165, 1.54) is 0 Å². The van der Waals surface area contributed by atoms with Crippen LogP contribution in [-0.2, 0) is 10.8 Å². The van der Waals surface area contributed by atoms with Gasteiger partial charge in [0.1, 0.15) is 5.82 Å². The fraction of sp³-hybridized carbons (Fsp3) is 0.500. The summed E-state index contributed by atoms with van der Waals surface area (Å²) in [5, 5.41) is -0.0351. The molecule has 2 bridgehead atoms. The number of benzene rings is 1. The third-order valence-corrected chi connectivity index (χ3v) is 6.38. The molecule has 0 N–H and O–H groups in total. The molecule has 2 aliphatic heterocycles. The third-order valence-electron chi connectivity index (χ3n) is 4.21. The Bertz CT molecular complexity index is 586. The van der Waals surface area contributed by atoms with Crippen LogP contribution in [0.3, 0.4) is 0 Å². The van der Waals surface area contributed by atoms with Crippen LogP contribution in [-0.4, -0.2) is 20.5 Å². The second kappa shape index (κ2) is 4.98. The average molecular weight is 302 g/mol. The SMILES string of the molecule is O=C(c1cc(F)c(F)cc1F)C1CC2CCC(C1)S2=O. The van der Waals surface area contributed by atoms with Crippen LogP contribution < -0.4 is 0 Å². The zero-order valence-corrected chi connectivity index (χ0v) is 11.4. The highest BCUT2D eigenvalue weighted by atomic mass is 32.2. The van der Waals surface area contributed by atoms with Crippen molar-refractivity contribution in [2.24, 2.45) is 5.92 Å². The first-order chi connectivity index (χ1) is 9.47. The zero-order valence-electron chi connectivity index (χ0n) is 10.6. The Morgan fingerprint density at radius 2 is 1.55 bits per heavy atom. The lowest BCUT2D eigenvalue weighted by molar-refractivity contribution is 0.0901. The summed E-state index contributed by atoms with van der Waals surface area (Å²) in [5.41, 5.74) is -0.402. The number of fused-ring (bicyclic) bond motifs is 2. The summed E-state index contributed by atoms with van der Waals surface area (Å²) < 4.78 is 51.6. The molecule has 2 nitrogen and oxygen atoms in total. The fourth-order valence-electron chi connectivity index (χ4n) is 3.18. The van der Waals surface area contributed by atoms with E-state index in [4.69, 9.17) is 0 Å². The largest absolute Gasteiger partial charge is 0.294 e. The van der Waals surface area contributed by atoms with Gasteiger partial charge in [-0.25, -0.2) is 13.2 Å². The van der Waals surface area contributed by atoms with E-state index in [0.717, 1.165) is 12.8 Å². The van der Waals surface area contributed by atoms with Gasteiger partial charge in [-0.15, -0.1) is 0 Å². The predicted octanol–water partition coefficient (Wildman–Crippen LogP) is 2.98. The smallest absolute Gasteiger partial charge is 0.169 e. The van der Waals surface area contributed by atoms with Gasteiger partial charge >= 0.3 is 0 Å². The quantitative estimate of drug-likeness (QED) is 0.622. The minimum atomic E-state index is -1.30. The maximum Gasteiger partial charge on any atom is 0.169 e. The van der Waals surface area contributed by atoms with Crippen molar-refractivity contribution in [1.82, 2.24) is 0 Å². The van der Waals surface area contributed by atoms with E-state index >= 15 is 0 Å². The van der Waals surface area contributed by atoms with Gasteiger partial charge in [0.15, 0.2) is 17.4 Å². The number of carbonyl (C=O) groups is 1. The molecule has 2 unspecified atom stereocenters. The van der Waals surface area contributed by atoms with Crippen LogP contribution in [0, 0.1) is 23.4 Å². The maximum atomic E-state index is 13.6. The van der Waals surface area contributed by atoms with Crippen LogP contribution in [0.15, 0.2) is 12.1 Å². The van der Waals surface area contributed by atoms with Gasteiger partial charge in [0, 0.05) is 33.3 Å². The predicted molar refractivity (Wildman–Crippen MR) is 68.3 cm³/mol. The first kappa shape index (κ1) is 13.8. The Kier molecular flexibility index (Phi) is 3.44. The molecule has 0 radical (unpaired) electrons. The molecule has 0 aliphatic carbocycles. The highest BCUT2D eigenvalue weighted by Crippen LogP contribution is 2.40. The van der Waals surface area contributed by atoms with Crippen LogP contribution in [0.2, 0.25) is 0 Å². The van der Waals surface area contributed by atoms with E-state index in [1.807, 2.05) is 0 Å². The number of ketones is 1. The zero-order chi connectivity index (χ0) is 14.4. The van der Waals surface area contributed by atoms with Crippen molar-refractivity contribution in [3.8, 4) is 0 Å². The lowest BCUT2D eigenvalue weighted by Crippen LogP contribution is -2.32. The molecular weight excluding hydrogens is 289 g/mol. The molecule has 20 heavy (non-hydrogen) atoms. The lowest BCUT2D eigenvalue weighted by Gasteiger charge is -2.26. The summed E-state index contributed by atoms with van der Waals surface area (Å²) in [6.07, 6.45) is 2.53. The standard InChI is InChI=1S/C14H13F3O2S/c15-11-6-13(17)12(16)5-10(11)14(18)7-3-8-1-2-9(4-7)20(8)19/h5-9H,1-4H2. The maximum absolute atomic E-state index is 13.6. The van der Waals surface area contributed by atoms with E-state index in [9.17, 15) is 22.2 Å². The summed E-state index contributed by atoms with van der Waals surface area (Å²) in [4.78, 5) is 12.3. The molecule has 6 heteroatoms. The van der Waals surface area contributed by atoms with Gasteiger partial charge in [0.05, 0.1) is 5.56 Å². The molecule has 2 atom stereocenters. The minimum absolute atomic E-state index is 0.0175. The van der Waals surface area contributed by atoms with Crippen LogP contribution in [0.25, 0.3) is 0 Å². The number of Topliss-reactive ketones (excluding diaryl/α,β-unsaturated/α-hetero) is 1. The number of rotatable bonds is 2. The van der Waals surface area contributed by atoms with Crippen molar-refractivity contribution in [1.29, 1.82) is 0 Å². The number of hydrogen-bond donors (Lipinski definition) is 0. The topological polar surface area (TPSA) is 34.1 Å². The van der Waals surface area contributed by atoms with Crippen LogP contribution >= 0.6 is 0 Å². The first-order valence-corrected chi connectivity index (χ1v) is 7.83. The summed E-state index contributed by atoms with van der Waals surface area (Å²) >= 11 is 0. The monoisotopic (exact) mass is 302 g/mol. The molecule has 2 fully saturated rings. The highest BCUT2D eigenvalue weighted by molar-refractivity contribution is 7.86. The van der Waals surface area contributed by atoms with Gasteiger partial charge in [-0.2, -0.15) is 0 Å². The van der Waals surface area contributed by atoms with Crippen molar-refractivity contribution in [2.45, 2.75) is 36.2 Å². The normalized spacial score (nSPS) is 32.4. The molecule has 0 amide bonds. The lowest BCUT2D eigenvalue weighted by atomic mass is 9.90. The Labute approximate surface area is 116 Å². The Hall–Kier alpha value is -1.17. The molecule has 0 aromatic heterocycles. The molecule has 108 valence electrons. The van der Waals surface area contributed by atoms with E-state index in [2.05, 4.69) is 0 Å². The average Bonchev–Trinajstić information content (AvgIpc) is 2.65. The number of halogens is 3. The van der Waals surface area contributed by atoms with Gasteiger partial charge in [0.25, 0.3) is 0 Å². The van der Waals surface area contributed by atoms with Crippen LogP contribution in [0.4, 0.5) is 13.2 Å². The Morgan fingerprint density at radius 3 is 2.15 bits per heavy atom. The third kappa shape index (κ3) is 2.20. The van der Waals surface area contributed by atoms with Crippen molar-refractivity contribution in [3.63, 3.8) is 0 Å². The van der Waals surface area contributed by atoms with Crippen molar-refractivity contribution >= 4 is 16.6 Å². The van der Waals surface area contributed by atoms with Crippen molar-refractivity contribution in [3.05, 3.63) is 35.1 Å². The van der Waals surface area contributed by atoms with Gasteiger partial charge in [-0.1, -0.05) is 0 Å². The summed E-state index contributed by atoms with van der Waals surface area (Å²) in [7, 11) is -0.906. The van der Waals surface area contributed by atoms with E-state index in [0.29, 0.717) is 25.0 Å². The Morgan fingerprint density at radius 1 is 1.00 bits per heavy atom. The molecule has 2 saturated heterocycles. The number of hydrogen-bond acceptors (Lipinski definition) is 2. The second-order valence-electron chi connectivity index (χ2n) is 5.43. The fourth-order valence-corrected chi connectivity index (χ4v) is 5.30. The summed E-state index contributed by atoms with van der Waals surface area (Å²) in [6, 6.07) is 1.03. The van der Waals surface area contributed by atoms with E-state index < -0.39 is 45.5 Å². The van der Waals surface area contributed by atoms with Gasteiger partial charge < -0.3 is 0 Å².